The minimum Gasteiger partial charge on any atom is -0.345 e. The van der Waals surface area contributed by atoms with Crippen molar-refractivity contribution in [3.8, 4) is 0 Å². The van der Waals surface area contributed by atoms with Crippen LogP contribution < -0.4 is 5.43 Å². The van der Waals surface area contributed by atoms with Crippen molar-refractivity contribution in [2.24, 2.45) is 0 Å². The fraction of sp³-hybridized carbons (Fsp3) is 0.500. The van der Waals surface area contributed by atoms with E-state index in [-0.39, 0.29) is 11.6 Å². The summed E-state index contributed by atoms with van der Waals surface area (Å²) < 4.78 is 0. The number of hydrazine groups is 1. The number of carbonyl (C=O) groups is 1. The van der Waals surface area contributed by atoms with Crippen molar-refractivity contribution < 1.29 is 9.72 Å². The maximum Gasteiger partial charge on any atom is 0.293 e. The largest absolute Gasteiger partial charge is 0.345 e. The molecule has 2 rings (SSSR count). The highest BCUT2D eigenvalue weighted by Crippen LogP contribution is 2.27. The Kier molecular flexibility index (Phi) is 4.74. The lowest BCUT2D eigenvalue weighted by Crippen LogP contribution is -2.35. The van der Waals surface area contributed by atoms with Crippen LogP contribution in [0.5, 0.6) is 0 Å². The molecule has 0 aliphatic carbocycles. The van der Waals surface area contributed by atoms with Crippen molar-refractivity contribution in [1.29, 1.82) is 0 Å². The number of benzene rings is 1. The molecule has 21 heavy (non-hydrogen) atoms. The van der Waals surface area contributed by atoms with Crippen LogP contribution in [0.2, 0.25) is 0 Å². The van der Waals surface area contributed by atoms with E-state index in [0.717, 1.165) is 25.9 Å². The molecule has 0 spiro atoms. The quantitative estimate of drug-likeness (QED) is 0.679. The summed E-state index contributed by atoms with van der Waals surface area (Å²) in [4.78, 5) is 24.1. The standard InChI is InChI=1S/C14H20N4O3/c1-16(2)14(19)11-6-7-13(18(20)21)12(10-11)15-17-8-4-3-5-9-17/h6-7,10,15H,3-5,8-9H2,1-2H3. The van der Waals surface area contributed by atoms with E-state index in [2.05, 4.69) is 5.43 Å². The first-order valence-electron chi connectivity index (χ1n) is 7.01. The normalized spacial score (nSPS) is 15.5. The Hall–Kier alpha value is -2.15. The van der Waals surface area contributed by atoms with Crippen LogP contribution in [0.4, 0.5) is 11.4 Å². The lowest BCUT2D eigenvalue weighted by Gasteiger charge is -2.27. The molecule has 1 amide bonds. The van der Waals surface area contributed by atoms with Gasteiger partial charge in [0.25, 0.3) is 11.6 Å². The second-order valence-corrected chi connectivity index (χ2v) is 5.35. The molecular formula is C14H20N4O3. The number of nitrogens with zero attached hydrogens (tertiary/aromatic N) is 3. The fourth-order valence-electron chi connectivity index (χ4n) is 2.35. The first-order valence-corrected chi connectivity index (χ1v) is 7.01. The van der Waals surface area contributed by atoms with Gasteiger partial charge in [-0.3, -0.25) is 14.9 Å². The third-order valence-corrected chi connectivity index (χ3v) is 3.48. The number of anilines is 1. The molecule has 1 aromatic rings. The molecule has 1 aliphatic heterocycles. The molecule has 1 aliphatic rings. The van der Waals surface area contributed by atoms with Gasteiger partial charge in [-0.25, -0.2) is 5.01 Å². The summed E-state index contributed by atoms with van der Waals surface area (Å²) in [6, 6.07) is 4.42. The van der Waals surface area contributed by atoms with Crippen LogP contribution in [0.1, 0.15) is 29.6 Å². The zero-order valence-corrected chi connectivity index (χ0v) is 12.3. The van der Waals surface area contributed by atoms with E-state index in [4.69, 9.17) is 0 Å². The molecule has 0 bridgehead atoms. The molecule has 0 unspecified atom stereocenters. The fourth-order valence-corrected chi connectivity index (χ4v) is 2.35. The Bertz CT molecular complexity index is 539. The lowest BCUT2D eigenvalue weighted by atomic mass is 10.1. The number of piperidine rings is 1. The third-order valence-electron chi connectivity index (χ3n) is 3.48. The zero-order chi connectivity index (χ0) is 15.4. The van der Waals surface area contributed by atoms with Gasteiger partial charge < -0.3 is 10.3 Å². The Morgan fingerprint density at radius 3 is 2.52 bits per heavy atom. The zero-order valence-electron chi connectivity index (χ0n) is 12.3. The molecule has 7 nitrogen and oxygen atoms in total. The average Bonchev–Trinajstić information content (AvgIpc) is 2.47. The van der Waals surface area contributed by atoms with Crippen molar-refractivity contribution in [3.05, 3.63) is 33.9 Å². The number of carbonyl (C=O) groups excluding carboxylic acids is 1. The van der Waals surface area contributed by atoms with Crippen LogP contribution in [0.15, 0.2) is 18.2 Å². The summed E-state index contributed by atoms with van der Waals surface area (Å²) in [5.74, 6) is -0.174. The van der Waals surface area contributed by atoms with Crippen LogP contribution in [-0.2, 0) is 0 Å². The average molecular weight is 292 g/mol. The van der Waals surface area contributed by atoms with Crippen molar-refractivity contribution in [3.63, 3.8) is 0 Å². The highest BCUT2D eigenvalue weighted by molar-refractivity contribution is 5.95. The first-order chi connectivity index (χ1) is 9.99. The van der Waals surface area contributed by atoms with E-state index >= 15 is 0 Å². The Labute approximate surface area is 123 Å². The van der Waals surface area contributed by atoms with E-state index in [0.29, 0.717) is 11.3 Å². The molecule has 1 N–H and O–H groups in total. The topological polar surface area (TPSA) is 78.7 Å². The van der Waals surface area contributed by atoms with Crippen molar-refractivity contribution in [1.82, 2.24) is 9.91 Å². The second-order valence-electron chi connectivity index (χ2n) is 5.35. The van der Waals surface area contributed by atoms with Gasteiger partial charge in [0.2, 0.25) is 0 Å². The molecule has 1 saturated heterocycles. The van der Waals surface area contributed by atoms with Crippen molar-refractivity contribution in [2.75, 3.05) is 32.6 Å². The first kappa shape index (κ1) is 15.2. The molecule has 1 heterocycles. The molecule has 1 aromatic carbocycles. The van der Waals surface area contributed by atoms with Crippen LogP contribution in [0, 0.1) is 10.1 Å². The highest BCUT2D eigenvalue weighted by atomic mass is 16.6. The van der Waals surface area contributed by atoms with Gasteiger partial charge in [-0.2, -0.15) is 0 Å². The summed E-state index contributed by atoms with van der Waals surface area (Å²) in [5, 5.41) is 13.1. The minimum atomic E-state index is -0.434. The molecule has 0 radical (unpaired) electrons. The number of hydrogen-bond donors (Lipinski definition) is 1. The maximum atomic E-state index is 12.0. The number of nitro groups is 1. The van der Waals surface area contributed by atoms with E-state index < -0.39 is 4.92 Å². The smallest absolute Gasteiger partial charge is 0.293 e. The summed E-state index contributed by atoms with van der Waals surface area (Å²) in [6.45, 7) is 1.70. The van der Waals surface area contributed by atoms with Gasteiger partial charge in [0, 0.05) is 38.8 Å². The number of nitrogens with one attached hydrogen (secondary N) is 1. The molecule has 0 aromatic heterocycles. The van der Waals surface area contributed by atoms with Gasteiger partial charge >= 0.3 is 0 Å². The van der Waals surface area contributed by atoms with Gasteiger partial charge in [-0.1, -0.05) is 6.42 Å². The maximum absolute atomic E-state index is 12.0. The molecule has 0 atom stereocenters. The summed E-state index contributed by atoms with van der Waals surface area (Å²) in [7, 11) is 3.31. The Balaban J connectivity index is 2.28. The van der Waals surface area contributed by atoms with Crippen molar-refractivity contribution in [2.45, 2.75) is 19.3 Å². The Morgan fingerprint density at radius 1 is 1.29 bits per heavy atom. The molecule has 114 valence electrons. The monoisotopic (exact) mass is 292 g/mol. The predicted octanol–water partition coefficient (Wildman–Crippen LogP) is 2.11. The van der Waals surface area contributed by atoms with Crippen LogP contribution >= 0.6 is 0 Å². The number of hydrogen-bond acceptors (Lipinski definition) is 5. The van der Waals surface area contributed by atoms with Crippen LogP contribution in [-0.4, -0.2) is 47.9 Å². The van der Waals surface area contributed by atoms with E-state index in [1.807, 2.05) is 5.01 Å². The van der Waals surface area contributed by atoms with Gasteiger partial charge in [-0.15, -0.1) is 0 Å². The van der Waals surface area contributed by atoms with E-state index in [1.54, 1.807) is 20.2 Å². The molecule has 7 heteroatoms. The van der Waals surface area contributed by atoms with Gasteiger partial charge in [-0.05, 0) is 25.0 Å². The molecule has 1 fully saturated rings. The predicted molar refractivity (Wildman–Crippen MR) is 80.2 cm³/mol. The van der Waals surface area contributed by atoms with Crippen molar-refractivity contribution >= 4 is 17.3 Å². The number of nitro benzene ring substituents is 1. The van der Waals surface area contributed by atoms with Gasteiger partial charge in [0.05, 0.1) is 4.92 Å². The highest BCUT2D eigenvalue weighted by Gasteiger charge is 2.20. The van der Waals surface area contributed by atoms with Crippen LogP contribution in [0.25, 0.3) is 0 Å². The summed E-state index contributed by atoms with van der Waals surface area (Å²) in [5.41, 5.74) is 3.87. The SMILES string of the molecule is CN(C)C(=O)c1ccc([N+](=O)[O-])c(NN2CCCCC2)c1. The summed E-state index contributed by atoms with van der Waals surface area (Å²) >= 11 is 0. The number of amides is 1. The molecule has 0 saturated carbocycles. The Morgan fingerprint density at radius 2 is 1.95 bits per heavy atom. The van der Waals surface area contributed by atoms with E-state index in [9.17, 15) is 14.9 Å². The van der Waals surface area contributed by atoms with Crippen LogP contribution in [0.3, 0.4) is 0 Å². The van der Waals surface area contributed by atoms with Gasteiger partial charge in [0.15, 0.2) is 0 Å². The summed E-state index contributed by atoms with van der Waals surface area (Å²) in [6.07, 6.45) is 3.31. The minimum absolute atomic E-state index is 0.0177. The second kappa shape index (κ2) is 6.53. The van der Waals surface area contributed by atoms with E-state index in [1.165, 1.54) is 23.5 Å². The van der Waals surface area contributed by atoms with Gasteiger partial charge in [0.1, 0.15) is 5.69 Å². The number of rotatable bonds is 4. The third kappa shape index (κ3) is 3.69. The lowest BCUT2D eigenvalue weighted by molar-refractivity contribution is -0.384. The molecular weight excluding hydrogens is 272 g/mol.